The molecule has 0 aliphatic rings. The Labute approximate surface area is 135 Å². The van der Waals surface area contributed by atoms with E-state index in [9.17, 15) is 22.0 Å². The first-order valence-electron chi connectivity index (χ1n) is 6.80. The van der Waals surface area contributed by atoms with Crippen molar-refractivity contribution in [1.82, 2.24) is 0 Å². The van der Waals surface area contributed by atoms with Crippen molar-refractivity contribution in [3.05, 3.63) is 60.4 Å². The summed E-state index contributed by atoms with van der Waals surface area (Å²) in [7, 11) is -4.84. The molecular weight excluding hydrogens is 340 g/mol. The second-order valence-electron chi connectivity index (χ2n) is 4.90. The number of furan rings is 1. The first kappa shape index (κ1) is 16.1. The van der Waals surface area contributed by atoms with Gasteiger partial charge in [0.25, 0.3) is 5.91 Å². The molecule has 1 heterocycles. The lowest BCUT2D eigenvalue weighted by Crippen LogP contribution is -2.17. The maximum Gasteiger partial charge on any atom is 0.341 e. The highest BCUT2D eigenvalue weighted by Gasteiger charge is 2.29. The Balaban J connectivity index is 1.95. The van der Waals surface area contributed by atoms with Gasteiger partial charge in [0.05, 0.1) is 10.6 Å². The number of sulfone groups is 1. The summed E-state index contributed by atoms with van der Waals surface area (Å²) in [5, 5.41) is 2.99. The van der Waals surface area contributed by atoms with Crippen LogP contribution in [-0.4, -0.2) is 20.1 Å². The Bertz CT molecular complexity index is 979. The molecule has 0 aliphatic heterocycles. The van der Waals surface area contributed by atoms with Gasteiger partial charge in [0.1, 0.15) is 5.58 Å². The van der Waals surface area contributed by atoms with Crippen molar-refractivity contribution in [2.75, 3.05) is 5.32 Å². The summed E-state index contributed by atoms with van der Waals surface area (Å²) in [6.45, 7) is 0. The van der Waals surface area contributed by atoms with Gasteiger partial charge >= 0.3 is 5.76 Å². The van der Waals surface area contributed by atoms with E-state index < -0.39 is 26.4 Å². The van der Waals surface area contributed by atoms with E-state index in [1.54, 1.807) is 24.3 Å². The molecule has 5 nitrogen and oxygen atoms in total. The number of hydrogen-bond acceptors (Lipinski definition) is 4. The quantitative estimate of drug-likeness (QED) is 0.778. The van der Waals surface area contributed by atoms with Crippen LogP contribution in [-0.2, 0) is 9.84 Å². The van der Waals surface area contributed by atoms with E-state index in [4.69, 9.17) is 4.42 Å². The first-order chi connectivity index (χ1) is 11.4. The van der Waals surface area contributed by atoms with Gasteiger partial charge < -0.3 is 9.73 Å². The third kappa shape index (κ3) is 2.88. The van der Waals surface area contributed by atoms with Crippen LogP contribution < -0.4 is 5.32 Å². The van der Waals surface area contributed by atoms with E-state index >= 15 is 0 Å². The van der Waals surface area contributed by atoms with Crippen molar-refractivity contribution in [1.29, 1.82) is 0 Å². The molecular formula is C16H11F2NO4S. The monoisotopic (exact) mass is 351 g/mol. The summed E-state index contributed by atoms with van der Waals surface area (Å²) >= 11 is 0. The smallest absolute Gasteiger partial charge is 0.341 e. The van der Waals surface area contributed by atoms with Crippen LogP contribution in [0.2, 0.25) is 0 Å². The lowest BCUT2D eigenvalue weighted by molar-refractivity contribution is 0.0998. The Kier molecular flexibility index (Phi) is 4.06. The summed E-state index contributed by atoms with van der Waals surface area (Å²) in [6.07, 6.45) is 0. The van der Waals surface area contributed by atoms with Gasteiger partial charge in [-0.15, -0.1) is 0 Å². The van der Waals surface area contributed by atoms with Gasteiger partial charge in [-0.1, -0.05) is 30.3 Å². The van der Waals surface area contributed by atoms with Gasteiger partial charge in [-0.2, -0.15) is 8.78 Å². The number of fused-ring (bicyclic) bond motifs is 1. The normalized spacial score (nSPS) is 11.8. The second kappa shape index (κ2) is 6.04. The topological polar surface area (TPSA) is 76.4 Å². The SMILES string of the molecule is O=C(Nc1ccccc1S(=O)(=O)C(F)F)c1cc2ccccc2o1. The van der Waals surface area contributed by atoms with E-state index in [2.05, 4.69) is 5.32 Å². The van der Waals surface area contributed by atoms with Crippen LogP contribution in [0.1, 0.15) is 10.6 Å². The number of anilines is 1. The van der Waals surface area contributed by atoms with Crippen molar-refractivity contribution in [2.24, 2.45) is 0 Å². The Morgan fingerprint density at radius 3 is 2.42 bits per heavy atom. The lowest BCUT2D eigenvalue weighted by Gasteiger charge is -2.10. The molecule has 124 valence electrons. The number of benzene rings is 2. The van der Waals surface area contributed by atoms with Crippen LogP contribution in [0.3, 0.4) is 0 Å². The number of halogens is 2. The molecule has 0 bridgehead atoms. The molecule has 1 N–H and O–H groups in total. The molecule has 0 saturated carbocycles. The molecule has 0 radical (unpaired) electrons. The molecule has 24 heavy (non-hydrogen) atoms. The van der Waals surface area contributed by atoms with Gasteiger partial charge in [-0.3, -0.25) is 4.79 Å². The highest BCUT2D eigenvalue weighted by atomic mass is 32.2. The molecule has 0 spiro atoms. The zero-order chi connectivity index (χ0) is 17.3. The fraction of sp³-hybridized carbons (Fsp3) is 0.0625. The molecule has 0 unspecified atom stereocenters. The van der Waals surface area contributed by atoms with Crippen LogP contribution in [0.5, 0.6) is 0 Å². The molecule has 1 amide bonds. The van der Waals surface area contributed by atoms with Crippen molar-refractivity contribution in [3.63, 3.8) is 0 Å². The van der Waals surface area contributed by atoms with Crippen LogP contribution in [0.15, 0.2) is 63.9 Å². The Morgan fingerprint density at radius 1 is 1.04 bits per heavy atom. The molecule has 3 rings (SSSR count). The highest BCUT2D eigenvalue weighted by Crippen LogP contribution is 2.27. The molecule has 1 aromatic heterocycles. The lowest BCUT2D eigenvalue weighted by atomic mass is 10.2. The Morgan fingerprint density at radius 2 is 1.71 bits per heavy atom. The molecule has 0 fully saturated rings. The summed E-state index contributed by atoms with van der Waals surface area (Å²) in [5.74, 6) is -4.37. The largest absolute Gasteiger partial charge is 0.451 e. The molecule has 8 heteroatoms. The minimum atomic E-state index is -4.84. The first-order valence-corrected chi connectivity index (χ1v) is 8.35. The van der Waals surface area contributed by atoms with E-state index in [1.165, 1.54) is 24.3 Å². The standard InChI is InChI=1S/C16H11F2NO4S/c17-16(18)24(21,22)14-8-4-2-6-11(14)19-15(20)13-9-10-5-1-3-7-12(10)23-13/h1-9,16H,(H,19,20). The van der Waals surface area contributed by atoms with Crippen LogP contribution >= 0.6 is 0 Å². The maximum absolute atomic E-state index is 12.8. The van der Waals surface area contributed by atoms with Gasteiger partial charge in [-0.25, -0.2) is 8.42 Å². The maximum atomic E-state index is 12.8. The number of nitrogens with one attached hydrogen (secondary N) is 1. The number of alkyl halides is 2. The number of para-hydroxylation sites is 2. The fourth-order valence-electron chi connectivity index (χ4n) is 2.19. The number of rotatable bonds is 4. The molecule has 0 aliphatic carbocycles. The Hall–Kier alpha value is -2.74. The van der Waals surface area contributed by atoms with Gasteiger partial charge in [0.2, 0.25) is 9.84 Å². The average molecular weight is 351 g/mol. The zero-order valence-electron chi connectivity index (χ0n) is 12.1. The molecule has 0 saturated heterocycles. The summed E-state index contributed by atoms with van der Waals surface area (Å²) in [6, 6.07) is 13.4. The van der Waals surface area contributed by atoms with Gasteiger partial charge in [0, 0.05) is 5.39 Å². The predicted molar refractivity (Wildman–Crippen MR) is 83.8 cm³/mol. The minimum absolute atomic E-state index is 0.0551. The fourth-order valence-corrected chi connectivity index (χ4v) is 3.08. The van der Waals surface area contributed by atoms with E-state index in [1.807, 2.05) is 0 Å². The third-order valence-corrected chi connectivity index (χ3v) is 4.76. The van der Waals surface area contributed by atoms with E-state index in [0.717, 1.165) is 6.07 Å². The molecule has 2 aromatic carbocycles. The van der Waals surface area contributed by atoms with E-state index in [0.29, 0.717) is 11.0 Å². The average Bonchev–Trinajstić information content (AvgIpc) is 2.99. The number of hydrogen-bond donors (Lipinski definition) is 1. The minimum Gasteiger partial charge on any atom is -0.451 e. The van der Waals surface area contributed by atoms with Crippen LogP contribution in [0.25, 0.3) is 11.0 Å². The van der Waals surface area contributed by atoms with Crippen molar-refractivity contribution < 1.29 is 26.4 Å². The number of carbonyl (C=O) groups excluding carboxylic acids is 1. The van der Waals surface area contributed by atoms with Crippen molar-refractivity contribution in [3.8, 4) is 0 Å². The predicted octanol–water partition coefficient (Wildman–Crippen LogP) is 3.68. The summed E-state index contributed by atoms with van der Waals surface area (Å²) in [4.78, 5) is 11.6. The van der Waals surface area contributed by atoms with Crippen molar-refractivity contribution >= 4 is 32.4 Å². The molecule has 3 aromatic rings. The highest BCUT2D eigenvalue weighted by molar-refractivity contribution is 7.91. The second-order valence-corrected chi connectivity index (χ2v) is 6.79. The van der Waals surface area contributed by atoms with E-state index in [-0.39, 0.29) is 11.4 Å². The summed E-state index contributed by atoms with van der Waals surface area (Å²) < 4.78 is 54.3. The van der Waals surface area contributed by atoms with Crippen LogP contribution in [0.4, 0.5) is 14.5 Å². The van der Waals surface area contributed by atoms with Gasteiger partial charge in [0.15, 0.2) is 5.76 Å². The third-order valence-electron chi connectivity index (χ3n) is 3.33. The van der Waals surface area contributed by atoms with Gasteiger partial charge in [-0.05, 0) is 24.3 Å². The zero-order valence-corrected chi connectivity index (χ0v) is 12.9. The van der Waals surface area contributed by atoms with Crippen LogP contribution in [0, 0.1) is 0 Å². The summed E-state index contributed by atoms with van der Waals surface area (Å²) in [5.41, 5.74) is 0.249. The number of carbonyl (C=O) groups is 1. The van der Waals surface area contributed by atoms with Crippen molar-refractivity contribution in [2.45, 2.75) is 10.7 Å². The number of amides is 1. The molecule has 0 atom stereocenters.